The summed E-state index contributed by atoms with van der Waals surface area (Å²) in [5.41, 5.74) is 2.41. The van der Waals surface area contributed by atoms with E-state index in [4.69, 9.17) is 11.6 Å². The van der Waals surface area contributed by atoms with Gasteiger partial charge in [0, 0.05) is 30.1 Å². The Hall–Kier alpha value is -3.29. The fourth-order valence-electron chi connectivity index (χ4n) is 4.34. The highest BCUT2D eigenvalue weighted by Crippen LogP contribution is 2.40. The topological polar surface area (TPSA) is 61.4 Å². The third-order valence-electron chi connectivity index (χ3n) is 5.97. The van der Waals surface area contributed by atoms with Crippen LogP contribution in [0.25, 0.3) is 17.0 Å². The van der Waals surface area contributed by atoms with Crippen molar-refractivity contribution in [1.29, 1.82) is 0 Å². The van der Waals surface area contributed by atoms with Crippen molar-refractivity contribution in [2.24, 2.45) is 0 Å². The lowest BCUT2D eigenvalue weighted by atomic mass is 10.0. The van der Waals surface area contributed by atoms with Crippen molar-refractivity contribution >= 4 is 51.7 Å². The van der Waals surface area contributed by atoms with Crippen molar-refractivity contribution < 1.29 is 9.18 Å². The molecule has 5 rings (SSSR count). The molecule has 1 N–H and O–H groups in total. The summed E-state index contributed by atoms with van der Waals surface area (Å²) >= 11 is 5.99. The van der Waals surface area contributed by atoms with Gasteiger partial charge in [-0.05, 0) is 56.3 Å². The van der Waals surface area contributed by atoms with Gasteiger partial charge in [-0.3, -0.25) is 14.6 Å². The number of hydrogen-bond acceptors (Lipinski definition) is 5. The van der Waals surface area contributed by atoms with Crippen LogP contribution in [0.1, 0.15) is 24.8 Å². The minimum atomic E-state index is -0.526. The van der Waals surface area contributed by atoms with E-state index < -0.39 is 5.82 Å². The van der Waals surface area contributed by atoms with Gasteiger partial charge < -0.3 is 5.32 Å². The van der Waals surface area contributed by atoms with Gasteiger partial charge in [0.2, 0.25) is 5.91 Å². The fraction of sp³-hybridized carbons (Fsp3) is 0.240. The standard InChI is InChI=1S/C25H23ClFN5O/c26-18-6-4-7-21(24(18)27)32-15-11-17-19(9-10-20-23(17)25(32)29-16-28-20)30-22(33)8-5-14-31-12-2-1-3-13-31/h4-11,15-16H,1-3,12-14H2,(H,30,33)/b8-5+. The van der Waals surface area contributed by atoms with E-state index in [9.17, 15) is 9.18 Å². The van der Waals surface area contributed by atoms with Crippen LogP contribution in [0.3, 0.4) is 0 Å². The van der Waals surface area contributed by atoms with E-state index in [1.54, 1.807) is 29.3 Å². The predicted octanol–water partition coefficient (Wildman–Crippen LogP) is 5.53. The molecule has 1 aromatic heterocycles. The van der Waals surface area contributed by atoms with Gasteiger partial charge in [-0.2, -0.15) is 0 Å². The van der Waals surface area contributed by atoms with Crippen molar-refractivity contribution in [2.75, 3.05) is 29.9 Å². The molecule has 3 aromatic rings. The first-order valence-electron chi connectivity index (χ1n) is 11.0. The molecule has 0 aliphatic carbocycles. The number of aromatic nitrogens is 2. The second-order valence-electron chi connectivity index (χ2n) is 8.13. The van der Waals surface area contributed by atoms with Gasteiger partial charge in [0.05, 0.1) is 21.6 Å². The van der Waals surface area contributed by atoms with Gasteiger partial charge in [-0.15, -0.1) is 0 Å². The Morgan fingerprint density at radius 2 is 2.00 bits per heavy atom. The van der Waals surface area contributed by atoms with Gasteiger partial charge in [-0.25, -0.2) is 14.4 Å². The summed E-state index contributed by atoms with van der Waals surface area (Å²) in [6.45, 7) is 2.94. The molecule has 0 radical (unpaired) electrons. The maximum Gasteiger partial charge on any atom is 0.248 e. The summed E-state index contributed by atoms with van der Waals surface area (Å²) in [5, 5.41) is 3.73. The molecule has 1 fully saturated rings. The van der Waals surface area contributed by atoms with E-state index in [-0.39, 0.29) is 10.9 Å². The Morgan fingerprint density at radius 1 is 1.15 bits per heavy atom. The first-order chi connectivity index (χ1) is 16.1. The average molecular weight is 464 g/mol. The van der Waals surface area contributed by atoms with Crippen molar-refractivity contribution in [2.45, 2.75) is 19.3 Å². The van der Waals surface area contributed by atoms with Crippen LogP contribution in [0.4, 0.5) is 21.6 Å². The number of rotatable bonds is 5. The van der Waals surface area contributed by atoms with Gasteiger partial charge in [0.25, 0.3) is 0 Å². The van der Waals surface area contributed by atoms with Crippen molar-refractivity contribution in [3.8, 4) is 0 Å². The molecule has 33 heavy (non-hydrogen) atoms. The number of benzene rings is 2. The number of hydrogen-bond donors (Lipinski definition) is 1. The molecule has 0 atom stereocenters. The number of nitrogens with one attached hydrogen (secondary N) is 1. The molecule has 2 aliphatic rings. The highest BCUT2D eigenvalue weighted by Gasteiger charge is 2.23. The zero-order chi connectivity index (χ0) is 22.8. The van der Waals surface area contributed by atoms with Crippen LogP contribution in [0.15, 0.2) is 55.0 Å². The number of carbonyl (C=O) groups excluding carboxylic acids is 1. The lowest BCUT2D eigenvalue weighted by molar-refractivity contribution is -0.111. The van der Waals surface area contributed by atoms with Gasteiger partial charge in [0.15, 0.2) is 5.82 Å². The van der Waals surface area contributed by atoms with Crippen LogP contribution in [-0.2, 0) is 4.79 Å². The Morgan fingerprint density at radius 3 is 2.85 bits per heavy atom. The van der Waals surface area contributed by atoms with Crippen LogP contribution < -0.4 is 10.2 Å². The SMILES string of the molecule is O=C(/C=C/CN1CCCCC1)Nc1ccc2ncnc3c2c1C=CN3c1cccc(Cl)c1F. The second-order valence-corrected chi connectivity index (χ2v) is 8.54. The highest BCUT2D eigenvalue weighted by molar-refractivity contribution is 6.31. The van der Waals surface area contributed by atoms with Crippen LogP contribution >= 0.6 is 11.6 Å². The number of nitrogens with zero attached hydrogens (tertiary/aromatic N) is 4. The van der Waals surface area contributed by atoms with Gasteiger partial charge >= 0.3 is 0 Å². The second kappa shape index (κ2) is 9.29. The fourth-order valence-corrected chi connectivity index (χ4v) is 4.51. The molecule has 0 bridgehead atoms. The quantitative estimate of drug-likeness (QED) is 0.504. The molecular weight excluding hydrogens is 441 g/mol. The molecular formula is C25H23ClFN5O. The van der Waals surface area contributed by atoms with Gasteiger partial charge in [-0.1, -0.05) is 30.2 Å². The highest BCUT2D eigenvalue weighted by atomic mass is 35.5. The average Bonchev–Trinajstić information content (AvgIpc) is 2.84. The Kier molecular flexibility index (Phi) is 6.07. The first-order valence-corrected chi connectivity index (χ1v) is 11.4. The van der Waals surface area contributed by atoms with E-state index in [0.717, 1.165) is 30.6 Å². The monoisotopic (exact) mass is 463 g/mol. The number of carbonyl (C=O) groups is 1. The summed E-state index contributed by atoms with van der Waals surface area (Å²) < 4.78 is 14.7. The van der Waals surface area contributed by atoms with Crippen molar-refractivity contribution in [1.82, 2.24) is 14.9 Å². The number of likely N-dealkylation sites (tertiary alicyclic amines) is 1. The van der Waals surface area contributed by atoms with Crippen molar-refractivity contribution in [3.63, 3.8) is 0 Å². The molecule has 8 heteroatoms. The van der Waals surface area contributed by atoms with E-state index >= 15 is 0 Å². The molecule has 6 nitrogen and oxygen atoms in total. The molecule has 2 aromatic carbocycles. The molecule has 0 saturated carbocycles. The van der Waals surface area contributed by atoms with E-state index in [2.05, 4.69) is 20.2 Å². The third-order valence-corrected chi connectivity index (χ3v) is 6.26. The summed E-state index contributed by atoms with van der Waals surface area (Å²) in [6, 6.07) is 8.48. The summed E-state index contributed by atoms with van der Waals surface area (Å²) in [4.78, 5) is 25.3. The molecule has 1 amide bonds. The minimum Gasteiger partial charge on any atom is -0.322 e. The van der Waals surface area contributed by atoms with E-state index in [1.165, 1.54) is 31.7 Å². The Labute approximate surface area is 196 Å². The van der Waals surface area contributed by atoms with E-state index in [1.807, 2.05) is 24.3 Å². The summed E-state index contributed by atoms with van der Waals surface area (Å²) in [5.74, 6) is -0.199. The number of halogens is 2. The smallest absolute Gasteiger partial charge is 0.248 e. The van der Waals surface area contributed by atoms with Crippen molar-refractivity contribution in [3.05, 3.63) is 71.4 Å². The third kappa shape index (κ3) is 4.34. The zero-order valence-electron chi connectivity index (χ0n) is 18.0. The Bertz CT molecular complexity index is 1270. The zero-order valence-corrected chi connectivity index (χ0v) is 18.7. The maximum absolute atomic E-state index is 14.7. The van der Waals surface area contributed by atoms with Gasteiger partial charge in [0.1, 0.15) is 12.1 Å². The molecule has 0 unspecified atom stereocenters. The summed E-state index contributed by atoms with van der Waals surface area (Å²) in [7, 11) is 0. The minimum absolute atomic E-state index is 0.0364. The number of anilines is 3. The molecule has 168 valence electrons. The van der Waals surface area contributed by atoms with Crippen LogP contribution in [0, 0.1) is 5.82 Å². The van der Waals surface area contributed by atoms with Crippen LogP contribution in [0.5, 0.6) is 0 Å². The molecule has 2 aliphatic heterocycles. The normalized spacial score (nSPS) is 16.0. The largest absolute Gasteiger partial charge is 0.322 e. The van der Waals surface area contributed by atoms with Crippen LogP contribution in [0.2, 0.25) is 5.02 Å². The summed E-state index contributed by atoms with van der Waals surface area (Å²) in [6.07, 6.45) is 12.2. The maximum atomic E-state index is 14.7. The predicted molar refractivity (Wildman–Crippen MR) is 130 cm³/mol. The Balaban J connectivity index is 1.42. The molecule has 1 saturated heterocycles. The first kappa shape index (κ1) is 21.6. The lowest BCUT2D eigenvalue weighted by Crippen LogP contribution is -2.29. The number of amides is 1. The molecule has 0 spiro atoms. The number of piperidine rings is 1. The lowest BCUT2D eigenvalue weighted by Gasteiger charge is -2.26. The van der Waals surface area contributed by atoms with Crippen LogP contribution in [-0.4, -0.2) is 40.4 Å². The van der Waals surface area contributed by atoms with E-state index in [0.29, 0.717) is 22.7 Å². The molecule has 3 heterocycles.